The number of esters is 2. The van der Waals surface area contributed by atoms with Crippen molar-refractivity contribution < 1.29 is 28.7 Å². The fourth-order valence-electron chi connectivity index (χ4n) is 1.71. The second-order valence-electron chi connectivity index (χ2n) is 4.55. The van der Waals surface area contributed by atoms with Crippen LogP contribution >= 0.6 is 0 Å². The molecule has 2 amide bonds. The summed E-state index contributed by atoms with van der Waals surface area (Å²) in [5.41, 5.74) is 0.586. The smallest absolute Gasteiger partial charge is 0.325 e. The van der Waals surface area contributed by atoms with Gasteiger partial charge < -0.3 is 20.1 Å². The first-order valence-corrected chi connectivity index (χ1v) is 7.45. The molecule has 130 valence electrons. The van der Waals surface area contributed by atoms with E-state index in [1.807, 2.05) is 0 Å². The highest BCUT2D eigenvalue weighted by atomic mass is 16.5. The normalized spacial score (nSPS) is 9.75. The van der Waals surface area contributed by atoms with Crippen LogP contribution in [0.4, 0.5) is 0 Å². The Balaban J connectivity index is 2.52. The third kappa shape index (κ3) is 6.47. The van der Waals surface area contributed by atoms with Gasteiger partial charge in [0.1, 0.15) is 13.1 Å². The summed E-state index contributed by atoms with van der Waals surface area (Å²) in [4.78, 5) is 46.0. The van der Waals surface area contributed by atoms with Crippen LogP contribution in [0.3, 0.4) is 0 Å². The number of amides is 2. The maximum absolute atomic E-state index is 11.8. The Morgan fingerprint density at radius 2 is 1.08 bits per heavy atom. The van der Waals surface area contributed by atoms with E-state index in [-0.39, 0.29) is 26.3 Å². The van der Waals surface area contributed by atoms with Gasteiger partial charge in [0.25, 0.3) is 11.8 Å². The molecule has 0 saturated heterocycles. The van der Waals surface area contributed by atoms with Crippen LogP contribution in [0.25, 0.3) is 0 Å². The number of hydrogen-bond acceptors (Lipinski definition) is 6. The number of benzene rings is 1. The number of ether oxygens (including phenoxy) is 2. The lowest BCUT2D eigenvalue weighted by atomic mass is 10.1. The summed E-state index contributed by atoms with van der Waals surface area (Å²) in [5.74, 6) is -1.97. The Morgan fingerprint density at radius 1 is 0.750 bits per heavy atom. The van der Waals surface area contributed by atoms with Crippen LogP contribution in [-0.4, -0.2) is 50.1 Å². The molecule has 1 aromatic carbocycles. The molecule has 0 aliphatic rings. The van der Waals surface area contributed by atoms with Crippen LogP contribution in [-0.2, 0) is 19.1 Å². The van der Waals surface area contributed by atoms with Crippen LogP contribution in [0.1, 0.15) is 34.6 Å². The summed E-state index contributed by atoms with van der Waals surface area (Å²) in [6.45, 7) is 3.37. The van der Waals surface area contributed by atoms with Gasteiger partial charge in [0.05, 0.1) is 13.2 Å². The molecule has 24 heavy (non-hydrogen) atoms. The van der Waals surface area contributed by atoms with Gasteiger partial charge in [-0.3, -0.25) is 19.2 Å². The van der Waals surface area contributed by atoms with E-state index < -0.39 is 23.8 Å². The molecule has 0 heterocycles. The van der Waals surface area contributed by atoms with Crippen molar-refractivity contribution in [1.82, 2.24) is 10.6 Å². The number of carbonyl (C=O) groups is 4. The predicted molar refractivity (Wildman–Crippen MR) is 84.4 cm³/mol. The molecule has 0 aromatic heterocycles. The number of rotatable bonds is 8. The van der Waals surface area contributed by atoms with Crippen molar-refractivity contribution in [2.75, 3.05) is 26.3 Å². The molecule has 0 atom stereocenters. The molecule has 2 N–H and O–H groups in total. The Labute approximate surface area is 139 Å². The average Bonchev–Trinajstić information content (AvgIpc) is 2.58. The van der Waals surface area contributed by atoms with Crippen LogP contribution in [0.15, 0.2) is 24.3 Å². The minimum absolute atomic E-state index is 0.228. The van der Waals surface area contributed by atoms with Crippen LogP contribution in [0, 0.1) is 0 Å². The van der Waals surface area contributed by atoms with Crippen molar-refractivity contribution in [3.8, 4) is 0 Å². The standard InChI is InChI=1S/C16H20N2O6/c1-3-23-13(19)9-17-15(21)11-5-7-12(8-6-11)16(22)18-10-14(20)24-4-2/h5-8H,3-4,9-10H2,1-2H3,(H,17,21)(H,18,22). The number of carbonyl (C=O) groups excluding carboxylic acids is 4. The van der Waals surface area contributed by atoms with Gasteiger partial charge in [0, 0.05) is 11.1 Å². The maximum atomic E-state index is 11.8. The molecule has 0 aliphatic carbocycles. The third-order valence-corrected chi connectivity index (χ3v) is 2.81. The Hall–Kier alpha value is -2.90. The molecule has 0 aliphatic heterocycles. The Kier molecular flexibility index (Phi) is 7.97. The first kappa shape index (κ1) is 19.1. The van der Waals surface area contributed by atoms with Gasteiger partial charge >= 0.3 is 11.9 Å². The molecule has 0 bridgehead atoms. The fraction of sp³-hybridized carbons (Fsp3) is 0.375. The highest BCUT2D eigenvalue weighted by Gasteiger charge is 2.11. The highest BCUT2D eigenvalue weighted by molar-refractivity contribution is 5.99. The van der Waals surface area contributed by atoms with Gasteiger partial charge in [-0.1, -0.05) is 0 Å². The van der Waals surface area contributed by atoms with Gasteiger partial charge in [0.15, 0.2) is 0 Å². The van der Waals surface area contributed by atoms with Crippen LogP contribution < -0.4 is 10.6 Å². The third-order valence-electron chi connectivity index (χ3n) is 2.81. The monoisotopic (exact) mass is 336 g/mol. The molecular weight excluding hydrogens is 316 g/mol. The summed E-state index contributed by atoms with van der Waals surface area (Å²) < 4.78 is 9.40. The maximum Gasteiger partial charge on any atom is 0.325 e. The van der Waals surface area contributed by atoms with Crippen molar-refractivity contribution in [3.63, 3.8) is 0 Å². The van der Waals surface area contributed by atoms with Crippen molar-refractivity contribution in [2.24, 2.45) is 0 Å². The topological polar surface area (TPSA) is 111 Å². The van der Waals surface area contributed by atoms with Gasteiger partial charge in [-0.15, -0.1) is 0 Å². The molecule has 0 radical (unpaired) electrons. The predicted octanol–water partition coefficient (Wildman–Crippen LogP) is 0.272. The molecule has 8 heteroatoms. The lowest BCUT2D eigenvalue weighted by molar-refractivity contribution is -0.142. The van der Waals surface area contributed by atoms with E-state index in [9.17, 15) is 19.2 Å². The van der Waals surface area contributed by atoms with E-state index in [1.165, 1.54) is 24.3 Å². The Morgan fingerprint density at radius 3 is 1.38 bits per heavy atom. The molecule has 0 fully saturated rings. The van der Waals surface area contributed by atoms with Gasteiger partial charge in [-0.2, -0.15) is 0 Å². The minimum atomic E-state index is -0.527. The van der Waals surface area contributed by atoms with Crippen LogP contribution in [0.2, 0.25) is 0 Å². The van der Waals surface area contributed by atoms with Gasteiger partial charge in [0.2, 0.25) is 0 Å². The summed E-state index contributed by atoms with van der Waals surface area (Å²) >= 11 is 0. The molecule has 0 saturated carbocycles. The summed E-state index contributed by atoms with van der Waals surface area (Å²) in [6, 6.07) is 5.78. The fourth-order valence-corrected chi connectivity index (χ4v) is 1.71. The average molecular weight is 336 g/mol. The van der Waals surface area contributed by atoms with Crippen molar-refractivity contribution >= 4 is 23.8 Å². The van der Waals surface area contributed by atoms with E-state index in [0.717, 1.165) is 0 Å². The van der Waals surface area contributed by atoms with Gasteiger partial charge in [-0.05, 0) is 38.1 Å². The van der Waals surface area contributed by atoms with E-state index in [2.05, 4.69) is 10.6 Å². The lowest BCUT2D eigenvalue weighted by Crippen LogP contribution is -2.31. The molecule has 0 spiro atoms. The first-order chi connectivity index (χ1) is 11.5. The van der Waals surface area contributed by atoms with Crippen molar-refractivity contribution in [1.29, 1.82) is 0 Å². The largest absolute Gasteiger partial charge is 0.465 e. The zero-order chi connectivity index (χ0) is 17.9. The molecule has 0 unspecified atom stereocenters. The first-order valence-electron chi connectivity index (χ1n) is 7.45. The summed E-state index contributed by atoms with van der Waals surface area (Å²) in [5, 5.41) is 4.82. The molecule has 8 nitrogen and oxygen atoms in total. The molecule has 1 aromatic rings. The van der Waals surface area contributed by atoms with Crippen molar-refractivity contribution in [3.05, 3.63) is 35.4 Å². The van der Waals surface area contributed by atoms with E-state index in [4.69, 9.17) is 9.47 Å². The van der Waals surface area contributed by atoms with E-state index in [0.29, 0.717) is 11.1 Å². The van der Waals surface area contributed by atoms with E-state index in [1.54, 1.807) is 13.8 Å². The van der Waals surface area contributed by atoms with Gasteiger partial charge in [-0.25, -0.2) is 0 Å². The van der Waals surface area contributed by atoms with E-state index >= 15 is 0 Å². The van der Waals surface area contributed by atoms with Crippen molar-refractivity contribution in [2.45, 2.75) is 13.8 Å². The quantitative estimate of drug-likeness (QED) is 0.659. The zero-order valence-electron chi connectivity index (χ0n) is 13.6. The summed E-state index contributed by atoms with van der Waals surface area (Å²) in [6.07, 6.45) is 0. The molecule has 1 rings (SSSR count). The van der Waals surface area contributed by atoms with Crippen LogP contribution in [0.5, 0.6) is 0 Å². The minimum Gasteiger partial charge on any atom is -0.465 e. The number of hydrogen-bond donors (Lipinski definition) is 2. The highest BCUT2D eigenvalue weighted by Crippen LogP contribution is 2.04. The lowest BCUT2D eigenvalue weighted by Gasteiger charge is -2.07. The Bertz CT molecular complexity index is 544. The molecular formula is C16H20N2O6. The summed E-state index contributed by atoms with van der Waals surface area (Å²) in [7, 11) is 0. The zero-order valence-corrected chi connectivity index (χ0v) is 13.6. The number of nitrogens with one attached hydrogen (secondary N) is 2. The second kappa shape index (κ2) is 9.98. The second-order valence-corrected chi connectivity index (χ2v) is 4.55. The SMILES string of the molecule is CCOC(=O)CNC(=O)c1ccc(C(=O)NCC(=O)OCC)cc1.